The second kappa shape index (κ2) is 6.79. The Labute approximate surface area is 143 Å². The molecule has 1 fully saturated rings. The van der Waals surface area contributed by atoms with Crippen molar-refractivity contribution in [3.63, 3.8) is 0 Å². The zero-order valence-electron chi connectivity index (χ0n) is 13.8. The molecule has 1 N–H and O–H groups in total. The minimum Gasteiger partial charge on any atom is -0.339 e. The number of sulfonamides is 1. The van der Waals surface area contributed by atoms with Crippen molar-refractivity contribution in [3.8, 4) is 0 Å². The quantitative estimate of drug-likeness (QED) is 0.850. The predicted octanol–water partition coefficient (Wildman–Crippen LogP) is 2.90. The van der Waals surface area contributed by atoms with Gasteiger partial charge in [-0.2, -0.15) is 0 Å². The highest BCUT2D eigenvalue weighted by molar-refractivity contribution is 7.89. The van der Waals surface area contributed by atoms with E-state index in [0.29, 0.717) is 5.92 Å². The minimum atomic E-state index is -3.66. The molecule has 5 nitrogen and oxygen atoms in total. The van der Waals surface area contributed by atoms with Crippen LogP contribution in [0.2, 0.25) is 5.02 Å². The Bertz CT molecular complexity index is 699. The molecule has 128 valence electrons. The van der Waals surface area contributed by atoms with Crippen LogP contribution in [0.1, 0.15) is 44.0 Å². The van der Waals surface area contributed by atoms with Gasteiger partial charge in [-0.15, -0.1) is 0 Å². The second-order valence-corrected chi connectivity index (χ2v) is 8.53. The summed E-state index contributed by atoms with van der Waals surface area (Å²) >= 11 is 6.13. The SMILES string of the molecule is CC(C)NS(=O)(=O)c1ccc(Cl)c(C(=O)N(C)C(C)C2CC2)c1. The van der Waals surface area contributed by atoms with E-state index in [9.17, 15) is 13.2 Å². The lowest BCUT2D eigenvalue weighted by Gasteiger charge is -2.25. The van der Waals surface area contributed by atoms with Gasteiger partial charge in [-0.05, 0) is 57.7 Å². The molecule has 0 aromatic heterocycles. The van der Waals surface area contributed by atoms with Crippen LogP contribution in [0.15, 0.2) is 23.1 Å². The van der Waals surface area contributed by atoms with Crippen LogP contribution in [0.4, 0.5) is 0 Å². The first-order valence-electron chi connectivity index (χ1n) is 7.72. The summed E-state index contributed by atoms with van der Waals surface area (Å²) in [6.07, 6.45) is 2.25. The average molecular weight is 359 g/mol. The Morgan fingerprint density at radius 1 is 1.30 bits per heavy atom. The molecular weight excluding hydrogens is 336 g/mol. The van der Waals surface area contributed by atoms with E-state index in [-0.39, 0.29) is 33.5 Å². The predicted molar refractivity (Wildman–Crippen MR) is 91.2 cm³/mol. The third-order valence-corrected chi connectivity index (χ3v) is 6.09. The standard InChI is InChI=1S/C16H23ClN2O3S/c1-10(2)18-23(21,22)13-7-8-15(17)14(9-13)16(20)19(4)11(3)12-5-6-12/h7-12,18H,5-6H2,1-4H3. The first kappa shape index (κ1) is 18.2. The number of hydrogen-bond donors (Lipinski definition) is 1. The molecule has 0 bridgehead atoms. The number of halogens is 1. The lowest BCUT2D eigenvalue weighted by molar-refractivity contribution is 0.0727. The topological polar surface area (TPSA) is 66.5 Å². The van der Waals surface area contributed by atoms with Crippen molar-refractivity contribution in [1.82, 2.24) is 9.62 Å². The maximum atomic E-state index is 12.7. The number of nitrogens with zero attached hydrogens (tertiary/aromatic N) is 1. The number of rotatable bonds is 6. The number of benzene rings is 1. The van der Waals surface area contributed by atoms with E-state index in [2.05, 4.69) is 4.72 Å². The van der Waals surface area contributed by atoms with Crippen molar-refractivity contribution in [2.75, 3.05) is 7.05 Å². The van der Waals surface area contributed by atoms with Crippen molar-refractivity contribution >= 4 is 27.5 Å². The summed E-state index contributed by atoms with van der Waals surface area (Å²) < 4.78 is 27.0. The molecule has 0 saturated heterocycles. The van der Waals surface area contributed by atoms with Gasteiger partial charge >= 0.3 is 0 Å². The summed E-state index contributed by atoms with van der Waals surface area (Å²) in [5.74, 6) is 0.272. The van der Waals surface area contributed by atoms with Gasteiger partial charge in [-0.1, -0.05) is 11.6 Å². The molecule has 1 amide bonds. The molecule has 7 heteroatoms. The normalized spacial score (nSPS) is 16.4. The Kier molecular flexibility index (Phi) is 5.38. The number of hydrogen-bond acceptors (Lipinski definition) is 3. The van der Waals surface area contributed by atoms with E-state index in [1.54, 1.807) is 25.8 Å². The Morgan fingerprint density at radius 2 is 1.91 bits per heavy atom. The lowest BCUT2D eigenvalue weighted by atomic mass is 10.1. The molecule has 1 aliphatic carbocycles. The highest BCUT2D eigenvalue weighted by atomic mass is 35.5. The van der Waals surface area contributed by atoms with Gasteiger partial charge in [0.25, 0.3) is 5.91 Å². The Morgan fingerprint density at radius 3 is 2.43 bits per heavy atom. The first-order valence-corrected chi connectivity index (χ1v) is 9.58. The van der Waals surface area contributed by atoms with Crippen LogP contribution in [0, 0.1) is 5.92 Å². The largest absolute Gasteiger partial charge is 0.339 e. The second-order valence-electron chi connectivity index (χ2n) is 6.41. The van der Waals surface area contributed by atoms with Crippen LogP contribution in [-0.4, -0.2) is 38.4 Å². The van der Waals surface area contributed by atoms with Gasteiger partial charge < -0.3 is 4.90 Å². The van der Waals surface area contributed by atoms with Gasteiger partial charge in [-0.3, -0.25) is 4.79 Å². The van der Waals surface area contributed by atoms with E-state index in [1.165, 1.54) is 18.2 Å². The van der Waals surface area contributed by atoms with E-state index in [0.717, 1.165) is 12.8 Å². The monoisotopic (exact) mass is 358 g/mol. The summed E-state index contributed by atoms with van der Waals surface area (Å²) in [5.41, 5.74) is 0.216. The van der Waals surface area contributed by atoms with Crippen molar-refractivity contribution < 1.29 is 13.2 Å². The molecule has 0 radical (unpaired) electrons. The van der Waals surface area contributed by atoms with E-state index >= 15 is 0 Å². The highest BCUT2D eigenvalue weighted by Gasteiger charge is 2.33. The number of amides is 1. The van der Waals surface area contributed by atoms with Crippen LogP contribution in [0.5, 0.6) is 0 Å². The first-order chi connectivity index (χ1) is 10.6. The van der Waals surface area contributed by atoms with Gasteiger partial charge in [0.05, 0.1) is 15.5 Å². The summed E-state index contributed by atoms with van der Waals surface area (Å²) in [6.45, 7) is 5.49. The van der Waals surface area contributed by atoms with Crippen LogP contribution >= 0.6 is 11.6 Å². The van der Waals surface area contributed by atoms with Gasteiger partial charge in [0, 0.05) is 19.1 Å². The van der Waals surface area contributed by atoms with Gasteiger partial charge in [0.15, 0.2) is 0 Å². The van der Waals surface area contributed by atoms with Crippen LogP contribution in [0.25, 0.3) is 0 Å². The molecule has 1 atom stereocenters. The maximum Gasteiger partial charge on any atom is 0.255 e. The van der Waals surface area contributed by atoms with Crippen LogP contribution < -0.4 is 4.72 Å². The van der Waals surface area contributed by atoms with Gasteiger partial charge in [0.2, 0.25) is 10.0 Å². The van der Waals surface area contributed by atoms with Crippen molar-refractivity contribution in [3.05, 3.63) is 28.8 Å². The van der Waals surface area contributed by atoms with E-state index in [4.69, 9.17) is 11.6 Å². The third-order valence-electron chi connectivity index (χ3n) is 4.10. The smallest absolute Gasteiger partial charge is 0.255 e. The Hall–Kier alpha value is -1.11. The minimum absolute atomic E-state index is 0.0476. The molecule has 0 heterocycles. The molecule has 0 aliphatic heterocycles. The number of carbonyl (C=O) groups excluding carboxylic acids is 1. The third kappa shape index (κ3) is 4.25. The summed E-state index contributed by atoms with van der Waals surface area (Å²) in [5, 5.41) is 0.258. The number of nitrogens with one attached hydrogen (secondary N) is 1. The summed E-state index contributed by atoms with van der Waals surface area (Å²) in [6, 6.07) is 4.11. The Balaban J connectivity index is 2.31. The van der Waals surface area contributed by atoms with Gasteiger partial charge in [-0.25, -0.2) is 13.1 Å². The molecule has 1 aromatic carbocycles. The molecule has 23 heavy (non-hydrogen) atoms. The molecule has 0 spiro atoms. The molecule has 1 aliphatic rings. The molecule has 1 aromatic rings. The maximum absolute atomic E-state index is 12.7. The molecule has 1 saturated carbocycles. The molecular formula is C16H23ClN2O3S. The average Bonchev–Trinajstić information content (AvgIpc) is 3.28. The zero-order valence-corrected chi connectivity index (χ0v) is 15.4. The fraction of sp³-hybridized carbons (Fsp3) is 0.562. The van der Waals surface area contributed by atoms with Gasteiger partial charge in [0.1, 0.15) is 0 Å². The van der Waals surface area contributed by atoms with E-state index < -0.39 is 10.0 Å². The van der Waals surface area contributed by atoms with Crippen molar-refractivity contribution in [2.45, 2.75) is 50.6 Å². The summed E-state index contributed by atoms with van der Waals surface area (Å²) in [4.78, 5) is 14.4. The molecule has 2 rings (SSSR count). The van der Waals surface area contributed by atoms with Crippen molar-refractivity contribution in [1.29, 1.82) is 0 Å². The lowest BCUT2D eigenvalue weighted by Crippen LogP contribution is -2.36. The van der Waals surface area contributed by atoms with E-state index in [1.807, 2.05) is 6.92 Å². The highest BCUT2D eigenvalue weighted by Crippen LogP contribution is 2.35. The molecule has 1 unspecified atom stereocenters. The number of carbonyl (C=O) groups is 1. The van der Waals surface area contributed by atoms with Crippen molar-refractivity contribution in [2.24, 2.45) is 5.92 Å². The fourth-order valence-corrected chi connectivity index (χ4v) is 3.96. The fourth-order valence-electron chi connectivity index (χ4n) is 2.48. The van der Waals surface area contributed by atoms with Crippen LogP contribution in [-0.2, 0) is 10.0 Å². The summed E-state index contributed by atoms with van der Waals surface area (Å²) in [7, 11) is -1.93. The zero-order chi connectivity index (χ0) is 17.4. The van der Waals surface area contributed by atoms with Crippen LogP contribution in [0.3, 0.4) is 0 Å².